The molecule has 0 amide bonds. The molecule has 0 spiro atoms. The van der Waals surface area contributed by atoms with Gasteiger partial charge in [0.05, 0.1) is 0 Å². The molecule has 0 atom stereocenters. The summed E-state index contributed by atoms with van der Waals surface area (Å²) in [6.07, 6.45) is 7.35. The van der Waals surface area contributed by atoms with Crippen LogP contribution in [0.15, 0.2) is 40.3 Å². The van der Waals surface area contributed by atoms with Crippen LogP contribution >= 0.6 is 0 Å². The molecule has 19 heavy (non-hydrogen) atoms. The Labute approximate surface area is 135 Å². The molecular formula is C13H14Cl2O3Ti. The van der Waals surface area contributed by atoms with E-state index in [4.69, 9.17) is 12.8 Å². The van der Waals surface area contributed by atoms with Gasteiger partial charge < -0.3 is 24.8 Å². The van der Waals surface area contributed by atoms with E-state index in [0.717, 1.165) is 17.9 Å². The summed E-state index contributed by atoms with van der Waals surface area (Å²) in [5.41, 5.74) is 0. The maximum atomic E-state index is 5.90. The number of ether oxygens (including phenoxy) is 2. The quantitative estimate of drug-likeness (QED) is 0.534. The number of allylic oxidation sites excluding steroid dienone is 4. The van der Waals surface area contributed by atoms with Crippen molar-refractivity contribution in [1.29, 1.82) is 0 Å². The molecule has 1 aromatic rings. The summed E-state index contributed by atoms with van der Waals surface area (Å²) in [6.45, 7) is 0. The van der Waals surface area contributed by atoms with Crippen LogP contribution in [0.5, 0.6) is 17.2 Å². The van der Waals surface area contributed by atoms with Gasteiger partial charge in [-0.1, -0.05) is 0 Å². The van der Waals surface area contributed by atoms with Crippen LogP contribution in [-0.2, 0) is 19.5 Å². The normalized spacial score (nSPS) is 11.6. The van der Waals surface area contributed by atoms with Crippen molar-refractivity contribution in [3.05, 3.63) is 40.3 Å². The van der Waals surface area contributed by atoms with Crippen molar-refractivity contribution in [3.8, 4) is 17.2 Å². The van der Waals surface area contributed by atoms with Crippen molar-refractivity contribution in [2.75, 3.05) is 14.2 Å². The Balaban J connectivity index is 0.00000162. The van der Waals surface area contributed by atoms with Crippen molar-refractivity contribution < 1.29 is 57.1 Å². The topological polar surface area (TPSA) is 27.7 Å². The van der Waals surface area contributed by atoms with E-state index >= 15 is 0 Å². The summed E-state index contributed by atoms with van der Waals surface area (Å²) in [4.78, 5) is 0. The minimum absolute atomic E-state index is 0. The first kappa shape index (κ1) is 18.4. The monoisotopic (exact) mass is 336 g/mol. The molecule has 0 N–H and O–H groups in total. The van der Waals surface area contributed by atoms with Crippen molar-refractivity contribution in [2.24, 2.45) is 0 Å². The van der Waals surface area contributed by atoms with Crippen molar-refractivity contribution >= 4 is 0 Å². The number of halogens is 2. The van der Waals surface area contributed by atoms with Crippen molar-refractivity contribution in [2.45, 2.75) is 6.42 Å². The fraction of sp³-hybridized carbons (Fsp3) is 0.231. The maximum absolute atomic E-state index is 5.90. The first-order valence-corrected chi connectivity index (χ1v) is 6.76. The fourth-order valence-electron chi connectivity index (χ4n) is 1.56. The molecule has 2 rings (SSSR count). The van der Waals surface area contributed by atoms with Crippen LogP contribution in [0.2, 0.25) is 0 Å². The molecule has 0 unspecified atom stereocenters. The molecule has 0 aromatic heterocycles. The molecule has 0 fully saturated rings. The van der Waals surface area contributed by atoms with Crippen LogP contribution in [0.1, 0.15) is 6.42 Å². The minimum atomic E-state index is -0.604. The van der Waals surface area contributed by atoms with E-state index in [0.29, 0.717) is 5.75 Å². The first-order chi connectivity index (χ1) is 8.35. The van der Waals surface area contributed by atoms with E-state index in [-0.39, 0.29) is 24.8 Å². The fourth-order valence-corrected chi connectivity index (χ4v) is 2.81. The molecule has 0 bridgehead atoms. The number of rotatable bonds is 5. The zero-order valence-electron chi connectivity index (χ0n) is 10.7. The predicted octanol–water partition coefficient (Wildman–Crippen LogP) is -3.07. The third kappa shape index (κ3) is 4.77. The number of hydrogen-bond acceptors (Lipinski definition) is 3. The number of hydrogen-bond donors (Lipinski definition) is 0. The van der Waals surface area contributed by atoms with Gasteiger partial charge in [-0.25, -0.2) is 0 Å². The number of para-hydroxylation sites is 1. The molecule has 1 aliphatic carbocycles. The van der Waals surface area contributed by atoms with Crippen molar-refractivity contribution in [3.63, 3.8) is 0 Å². The van der Waals surface area contributed by atoms with Crippen LogP contribution in [0.25, 0.3) is 0 Å². The Bertz CT molecular complexity index is 439. The SMILES string of the molecule is COc1cccc(OC)c1[O][Ti+2][C]1=CC=CC1.[Cl-].[Cl-]. The van der Waals surface area contributed by atoms with Crippen LogP contribution in [-0.4, -0.2) is 14.2 Å². The van der Waals surface area contributed by atoms with E-state index in [1.165, 1.54) is 3.88 Å². The van der Waals surface area contributed by atoms with Crippen molar-refractivity contribution in [1.82, 2.24) is 0 Å². The van der Waals surface area contributed by atoms with Crippen LogP contribution in [0, 0.1) is 0 Å². The molecule has 3 nitrogen and oxygen atoms in total. The smallest absolute Gasteiger partial charge is 1.00 e. The van der Waals surface area contributed by atoms with Crippen LogP contribution < -0.4 is 37.6 Å². The summed E-state index contributed by atoms with van der Waals surface area (Å²) < 4.78 is 17.8. The van der Waals surface area contributed by atoms with Gasteiger partial charge in [-0.2, -0.15) is 0 Å². The molecule has 1 aliphatic rings. The standard InChI is InChI=1S/C8H10O3.C5H5.2ClH.Ti/c1-10-6-4-3-5-7(11-2)8(6)9;1-2-4-5-3-1;;;/h3-5,9H,1-2H3;1-3H,4H2;2*1H;/q;;;;+3/p-3. The van der Waals surface area contributed by atoms with Crippen LogP contribution in [0.3, 0.4) is 0 Å². The van der Waals surface area contributed by atoms with Gasteiger partial charge in [0.1, 0.15) is 0 Å². The Hall–Kier alpha value is -0.606. The Morgan fingerprint density at radius 1 is 1.05 bits per heavy atom. The van der Waals surface area contributed by atoms with Gasteiger partial charge in [-0.05, 0) is 0 Å². The largest absolute Gasteiger partial charge is 1.00 e. The van der Waals surface area contributed by atoms with Gasteiger partial charge in [-0.15, -0.1) is 0 Å². The van der Waals surface area contributed by atoms with Crippen LogP contribution in [0.4, 0.5) is 0 Å². The van der Waals surface area contributed by atoms with Gasteiger partial charge in [0.2, 0.25) is 0 Å². The average molecular weight is 337 g/mol. The van der Waals surface area contributed by atoms with E-state index in [2.05, 4.69) is 18.2 Å². The average Bonchev–Trinajstić information content (AvgIpc) is 2.88. The molecule has 0 aliphatic heterocycles. The Morgan fingerprint density at radius 3 is 2.16 bits per heavy atom. The van der Waals surface area contributed by atoms with E-state index < -0.39 is 19.5 Å². The third-order valence-corrected chi connectivity index (χ3v) is 3.90. The zero-order chi connectivity index (χ0) is 12.1. The van der Waals surface area contributed by atoms with Gasteiger partial charge in [0.25, 0.3) is 0 Å². The molecule has 0 radical (unpaired) electrons. The van der Waals surface area contributed by atoms with Gasteiger partial charge in [-0.3, -0.25) is 0 Å². The van der Waals surface area contributed by atoms with E-state index in [1.807, 2.05) is 18.2 Å². The summed E-state index contributed by atoms with van der Waals surface area (Å²) in [6, 6.07) is 5.65. The summed E-state index contributed by atoms with van der Waals surface area (Å²) in [7, 11) is 3.27. The minimum Gasteiger partial charge on any atom is -1.00 e. The molecule has 102 valence electrons. The first-order valence-electron chi connectivity index (χ1n) is 5.34. The second kappa shape index (κ2) is 9.32. The predicted molar refractivity (Wildman–Crippen MR) is 62.0 cm³/mol. The maximum Gasteiger partial charge on any atom is -1.00 e. The third-order valence-electron chi connectivity index (χ3n) is 2.44. The summed E-state index contributed by atoms with van der Waals surface area (Å²) >= 11 is -0.604. The summed E-state index contributed by atoms with van der Waals surface area (Å²) in [5, 5.41) is 0. The molecule has 0 saturated heterocycles. The van der Waals surface area contributed by atoms with Gasteiger partial charge in [0, 0.05) is 0 Å². The van der Waals surface area contributed by atoms with Gasteiger partial charge in [0.15, 0.2) is 0 Å². The second-order valence-electron chi connectivity index (χ2n) is 3.52. The number of methoxy groups -OCH3 is 2. The molecule has 0 saturated carbocycles. The molecular weight excluding hydrogens is 323 g/mol. The molecule has 0 heterocycles. The molecule has 6 heteroatoms. The van der Waals surface area contributed by atoms with E-state index in [9.17, 15) is 0 Å². The Morgan fingerprint density at radius 2 is 1.68 bits per heavy atom. The van der Waals surface area contributed by atoms with Gasteiger partial charge >= 0.3 is 111 Å². The Kier molecular flexibility index (Phi) is 9.02. The molecule has 1 aromatic carbocycles. The summed E-state index contributed by atoms with van der Waals surface area (Å²) in [5.74, 6) is 2.16. The zero-order valence-corrected chi connectivity index (χ0v) is 13.7. The van der Waals surface area contributed by atoms with E-state index in [1.54, 1.807) is 14.2 Å². The number of benzene rings is 1. The second-order valence-corrected chi connectivity index (χ2v) is 5.16.